The molecule has 0 atom stereocenters. The molecule has 0 amide bonds. The van der Waals surface area contributed by atoms with E-state index in [1.54, 1.807) is 0 Å². The quantitative estimate of drug-likeness (QED) is 0.894. The molecule has 0 saturated carbocycles. The molecule has 3 rings (SSSR count). The monoisotopic (exact) mass is 241 g/mol. The van der Waals surface area contributed by atoms with Crippen LogP contribution in [0.4, 0.5) is 5.69 Å². The molecule has 0 saturated heterocycles. The first-order valence-corrected chi connectivity index (χ1v) is 6.01. The third-order valence-electron chi connectivity index (χ3n) is 3.09. The van der Waals surface area contributed by atoms with Crippen molar-refractivity contribution in [1.29, 1.82) is 0 Å². The van der Waals surface area contributed by atoms with Crippen molar-refractivity contribution in [3.8, 4) is 11.5 Å². The first kappa shape index (κ1) is 11.0. The van der Waals surface area contributed by atoms with E-state index < -0.39 is 0 Å². The Balaban J connectivity index is 1.78. The van der Waals surface area contributed by atoms with Crippen LogP contribution in [0.15, 0.2) is 42.5 Å². The molecule has 1 aliphatic heterocycles. The number of aryl methyl sites for hydroxylation is 1. The summed E-state index contributed by atoms with van der Waals surface area (Å²) in [4.78, 5) is 0. The van der Waals surface area contributed by atoms with Crippen molar-refractivity contribution in [2.24, 2.45) is 0 Å². The minimum Gasteiger partial charge on any atom is -0.454 e. The maximum absolute atomic E-state index is 5.49. The molecule has 2 aromatic rings. The van der Waals surface area contributed by atoms with Gasteiger partial charge in [0.2, 0.25) is 6.79 Å². The molecule has 1 aliphatic rings. The molecule has 0 bridgehead atoms. The predicted molar refractivity (Wildman–Crippen MR) is 71.1 cm³/mol. The van der Waals surface area contributed by atoms with Gasteiger partial charge in [0.1, 0.15) is 0 Å². The fraction of sp³-hybridized carbons (Fsp3) is 0.200. The second kappa shape index (κ2) is 4.61. The van der Waals surface area contributed by atoms with Crippen LogP contribution in [-0.4, -0.2) is 6.79 Å². The van der Waals surface area contributed by atoms with Crippen LogP contribution in [-0.2, 0) is 6.54 Å². The Hall–Kier alpha value is -2.16. The van der Waals surface area contributed by atoms with Crippen molar-refractivity contribution in [1.82, 2.24) is 0 Å². The van der Waals surface area contributed by atoms with E-state index in [1.807, 2.05) is 24.3 Å². The van der Waals surface area contributed by atoms with Gasteiger partial charge in [-0.15, -0.1) is 0 Å². The van der Waals surface area contributed by atoms with Gasteiger partial charge >= 0.3 is 0 Å². The predicted octanol–water partition coefficient (Wildman–Crippen LogP) is 3.34. The van der Waals surface area contributed by atoms with Gasteiger partial charge in [0.05, 0.1) is 0 Å². The van der Waals surface area contributed by atoms with Crippen LogP contribution in [0.5, 0.6) is 11.5 Å². The Morgan fingerprint density at radius 2 is 1.94 bits per heavy atom. The lowest BCUT2D eigenvalue weighted by Gasteiger charge is -2.10. The third-order valence-corrected chi connectivity index (χ3v) is 3.09. The van der Waals surface area contributed by atoms with E-state index >= 15 is 0 Å². The Kier molecular flexibility index (Phi) is 2.81. The highest BCUT2D eigenvalue weighted by Crippen LogP contribution is 2.35. The Labute approximate surface area is 106 Å². The lowest BCUT2D eigenvalue weighted by atomic mass is 10.1. The smallest absolute Gasteiger partial charge is 0.231 e. The van der Waals surface area contributed by atoms with E-state index in [4.69, 9.17) is 9.47 Å². The van der Waals surface area contributed by atoms with Gasteiger partial charge in [0, 0.05) is 17.8 Å². The summed E-state index contributed by atoms with van der Waals surface area (Å²) < 4.78 is 10.9. The van der Waals surface area contributed by atoms with Crippen molar-refractivity contribution in [3.63, 3.8) is 0 Å². The average molecular weight is 241 g/mol. The zero-order valence-electron chi connectivity index (χ0n) is 10.3. The van der Waals surface area contributed by atoms with Gasteiger partial charge < -0.3 is 14.8 Å². The Morgan fingerprint density at radius 3 is 2.83 bits per heavy atom. The number of para-hydroxylation sites is 2. The topological polar surface area (TPSA) is 30.5 Å². The summed E-state index contributed by atoms with van der Waals surface area (Å²) in [7, 11) is 0. The van der Waals surface area contributed by atoms with Crippen molar-refractivity contribution in [2.75, 3.05) is 12.1 Å². The van der Waals surface area contributed by atoms with Crippen molar-refractivity contribution in [2.45, 2.75) is 13.5 Å². The highest BCUT2D eigenvalue weighted by molar-refractivity contribution is 5.53. The molecule has 0 aliphatic carbocycles. The van der Waals surface area contributed by atoms with Gasteiger partial charge in [0.25, 0.3) is 0 Å². The number of hydrogen-bond acceptors (Lipinski definition) is 3. The number of rotatable bonds is 3. The van der Waals surface area contributed by atoms with Crippen LogP contribution in [0.2, 0.25) is 0 Å². The molecule has 0 fully saturated rings. The summed E-state index contributed by atoms with van der Waals surface area (Å²) in [5.41, 5.74) is 3.50. The SMILES string of the molecule is Cc1ccccc1NCc1cccc2c1OCO2. The molecule has 3 heteroatoms. The summed E-state index contributed by atoms with van der Waals surface area (Å²) in [6.07, 6.45) is 0. The van der Waals surface area contributed by atoms with Gasteiger partial charge in [-0.05, 0) is 24.6 Å². The molecule has 0 aromatic heterocycles. The van der Waals surface area contributed by atoms with E-state index in [-0.39, 0.29) is 0 Å². The second-order valence-electron chi connectivity index (χ2n) is 4.32. The molecule has 1 heterocycles. The highest BCUT2D eigenvalue weighted by Gasteiger charge is 2.16. The fourth-order valence-electron chi connectivity index (χ4n) is 2.09. The lowest BCUT2D eigenvalue weighted by molar-refractivity contribution is 0.173. The molecular formula is C15H15NO2. The van der Waals surface area contributed by atoms with Gasteiger partial charge in [-0.1, -0.05) is 30.3 Å². The lowest BCUT2D eigenvalue weighted by Crippen LogP contribution is -2.02. The summed E-state index contributed by atoms with van der Waals surface area (Å²) in [5, 5.41) is 3.42. The normalized spacial score (nSPS) is 12.5. The minimum atomic E-state index is 0.316. The molecule has 0 spiro atoms. The molecule has 3 nitrogen and oxygen atoms in total. The Morgan fingerprint density at radius 1 is 1.06 bits per heavy atom. The molecule has 92 valence electrons. The van der Waals surface area contributed by atoms with E-state index in [0.29, 0.717) is 6.79 Å². The third kappa shape index (κ3) is 1.99. The van der Waals surface area contributed by atoms with Crippen molar-refractivity contribution in [3.05, 3.63) is 53.6 Å². The van der Waals surface area contributed by atoms with Crippen LogP contribution in [0.1, 0.15) is 11.1 Å². The fourth-order valence-corrected chi connectivity index (χ4v) is 2.09. The maximum atomic E-state index is 5.49. The number of benzene rings is 2. The van der Waals surface area contributed by atoms with Gasteiger partial charge in [-0.2, -0.15) is 0 Å². The van der Waals surface area contributed by atoms with Gasteiger partial charge in [-0.25, -0.2) is 0 Å². The number of anilines is 1. The zero-order chi connectivity index (χ0) is 12.4. The highest BCUT2D eigenvalue weighted by atomic mass is 16.7. The van der Waals surface area contributed by atoms with Crippen LogP contribution >= 0.6 is 0 Å². The molecule has 0 radical (unpaired) electrons. The number of ether oxygens (including phenoxy) is 2. The largest absolute Gasteiger partial charge is 0.454 e. The molecule has 1 N–H and O–H groups in total. The second-order valence-corrected chi connectivity index (χ2v) is 4.32. The van der Waals surface area contributed by atoms with Crippen LogP contribution < -0.4 is 14.8 Å². The first-order valence-electron chi connectivity index (χ1n) is 6.01. The maximum Gasteiger partial charge on any atom is 0.231 e. The summed E-state index contributed by atoms with van der Waals surface area (Å²) in [6.45, 7) is 3.14. The van der Waals surface area contributed by atoms with Gasteiger partial charge in [0.15, 0.2) is 11.5 Å². The minimum absolute atomic E-state index is 0.316. The summed E-state index contributed by atoms with van der Waals surface area (Å²) in [5.74, 6) is 1.69. The van der Waals surface area contributed by atoms with Crippen LogP contribution in [0, 0.1) is 6.92 Å². The molecular weight excluding hydrogens is 226 g/mol. The summed E-state index contributed by atoms with van der Waals surface area (Å²) >= 11 is 0. The standard InChI is InChI=1S/C15H15NO2/c1-11-5-2-3-7-13(11)16-9-12-6-4-8-14-15(12)18-10-17-14/h2-8,16H,9-10H2,1H3. The van der Waals surface area contributed by atoms with E-state index in [2.05, 4.69) is 30.4 Å². The molecule has 18 heavy (non-hydrogen) atoms. The van der Waals surface area contributed by atoms with E-state index in [1.165, 1.54) is 5.56 Å². The molecule has 0 unspecified atom stereocenters. The Bertz CT molecular complexity index is 566. The number of fused-ring (bicyclic) bond motifs is 1. The van der Waals surface area contributed by atoms with E-state index in [9.17, 15) is 0 Å². The zero-order valence-corrected chi connectivity index (χ0v) is 10.3. The average Bonchev–Trinajstić information content (AvgIpc) is 2.86. The van der Waals surface area contributed by atoms with E-state index in [0.717, 1.165) is 29.3 Å². The summed E-state index contributed by atoms with van der Waals surface area (Å²) in [6, 6.07) is 14.2. The van der Waals surface area contributed by atoms with Gasteiger partial charge in [-0.3, -0.25) is 0 Å². The number of nitrogens with one attached hydrogen (secondary N) is 1. The van der Waals surface area contributed by atoms with Crippen molar-refractivity contribution >= 4 is 5.69 Å². The van der Waals surface area contributed by atoms with Crippen LogP contribution in [0.3, 0.4) is 0 Å². The molecule has 2 aromatic carbocycles. The van der Waals surface area contributed by atoms with Crippen LogP contribution in [0.25, 0.3) is 0 Å². The first-order chi connectivity index (χ1) is 8.84. The van der Waals surface area contributed by atoms with Crippen molar-refractivity contribution < 1.29 is 9.47 Å². The number of hydrogen-bond donors (Lipinski definition) is 1.